The van der Waals surface area contributed by atoms with Crippen molar-refractivity contribution in [2.75, 3.05) is 16.0 Å². The molecule has 4 aliphatic carbocycles. The number of hydrogen-bond donors (Lipinski definition) is 7. The first-order valence-electron chi connectivity index (χ1n) is 32.5. The monoisotopic (exact) mass is 1450 g/mol. The van der Waals surface area contributed by atoms with Gasteiger partial charge in [-0.15, -0.1) is 0 Å². The SMILES string of the molecule is CC(C)(C)OC(=O)n1cc(O[B]O)c(C(F)(F)F)n1.Cc1[nH]ncc1-c1nc(NC2CCCC2)c2ccncc2n1.Clc1nc(Cl)c2ccncc2n1.Clc1nc(NC2CCCC2)c2ccncc2n1.FC(F)(F)c1[nH]ncc1-c1nc(NC2CCCC2)c2ccncc2n1.NC1CCCC1. The lowest BCUT2D eigenvalue weighted by atomic mass is 10.2. The summed E-state index contributed by atoms with van der Waals surface area (Å²) in [5.74, 6) is 2.11. The molecule has 0 bridgehead atoms. The number of fused-ring (bicyclic) bond motifs is 4. The van der Waals surface area contributed by atoms with E-state index in [2.05, 4.69) is 95.8 Å². The number of nitrogens with two attached hydrogens (primary N) is 1. The molecule has 26 nitrogen and oxygen atoms in total. The molecule has 0 amide bonds. The molecule has 1 radical (unpaired) electrons. The summed E-state index contributed by atoms with van der Waals surface area (Å²) in [5, 5.41) is 38.6. The maximum absolute atomic E-state index is 13.2. The minimum atomic E-state index is -4.83. The Balaban J connectivity index is 0.000000135. The van der Waals surface area contributed by atoms with E-state index in [4.69, 9.17) is 55.3 Å². The van der Waals surface area contributed by atoms with Crippen molar-refractivity contribution < 1.29 is 45.6 Å². The summed E-state index contributed by atoms with van der Waals surface area (Å²) in [7, 11) is 0.0612. The first-order valence-corrected chi connectivity index (χ1v) is 33.6. The molecule has 0 aromatic carbocycles. The second-order valence-electron chi connectivity index (χ2n) is 25.0. The predicted octanol–water partition coefficient (Wildman–Crippen LogP) is 14.7. The summed E-state index contributed by atoms with van der Waals surface area (Å²) < 4.78 is 86.7. The summed E-state index contributed by atoms with van der Waals surface area (Å²) in [4.78, 5) is 61.9. The normalized spacial score (nSPS) is 15.1. The number of rotatable bonds is 10. The van der Waals surface area contributed by atoms with Crippen molar-refractivity contribution in [2.24, 2.45) is 5.73 Å². The van der Waals surface area contributed by atoms with Crippen LogP contribution in [0.4, 0.5) is 48.6 Å². The van der Waals surface area contributed by atoms with Crippen molar-refractivity contribution in [1.82, 2.24) is 90.0 Å². The second kappa shape index (κ2) is 33.9. The fraction of sp³-hybridized carbons (Fsp3) is 0.415. The number of pyridine rings is 4. The van der Waals surface area contributed by atoms with Crippen LogP contribution >= 0.6 is 34.8 Å². The van der Waals surface area contributed by atoms with Crippen molar-refractivity contribution in [3.8, 4) is 28.5 Å². The third kappa shape index (κ3) is 20.5. The van der Waals surface area contributed by atoms with Crippen LogP contribution in [-0.4, -0.2) is 139 Å². The number of carbonyl (C=O) groups is 1. The van der Waals surface area contributed by atoms with E-state index in [-0.39, 0.29) is 35.7 Å². The van der Waals surface area contributed by atoms with E-state index in [0.29, 0.717) is 56.8 Å². The molecule has 4 saturated carbocycles. The molecule has 0 spiro atoms. The van der Waals surface area contributed by atoms with Crippen LogP contribution in [0.3, 0.4) is 0 Å². The molecule has 11 aromatic rings. The van der Waals surface area contributed by atoms with Gasteiger partial charge >= 0.3 is 26.1 Å². The highest BCUT2D eigenvalue weighted by atomic mass is 35.5. The maximum atomic E-state index is 13.2. The summed E-state index contributed by atoms with van der Waals surface area (Å²) in [6.07, 6.45) is 26.0. The maximum Gasteiger partial charge on any atom is 0.569 e. The van der Waals surface area contributed by atoms with Gasteiger partial charge in [0.1, 0.15) is 28.2 Å². The zero-order valence-electron chi connectivity index (χ0n) is 55.2. The van der Waals surface area contributed by atoms with E-state index in [1.807, 2.05) is 24.2 Å². The molecule has 36 heteroatoms. The van der Waals surface area contributed by atoms with E-state index in [1.165, 1.54) is 83.2 Å². The fourth-order valence-corrected chi connectivity index (χ4v) is 12.1. The third-order valence-corrected chi connectivity index (χ3v) is 17.0. The number of halogens is 9. The molecule has 8 N–H and O–H groups in total. The molecule has 15 rings (SSSR count). The van der Waals surface area contributed by atoms with Crippen LogP contribution in [-0.2, 0) is 17.1 Å². The molecule has 531 valence electrons. The largest absolute Gasteiger partial charge is 0.569 e. The molecule has 11 heterocycles. The van der Waals surface area contributed by atoms with Gasteiger partial charge in [0.05, 0.1) is 76.6 Å². The Morgan fingerprint density at radius 1 is 0.564 bits per heavy atom. The first-order chi connectivity index (χ1) is 48.4. The highest BCUT2D eigenvalue weighted by Crippen LogP contribution is 2.38. The Hall–Kier alpha value is -9.31. The van der Waals surface area contributed by atoms with Crippen molar-refractivity contribution in [1.29, 1.82) is 0 Å². The Labute approximate surface area is 590 Å². The van der Waals surface area contributed by atoms with Gasteiger partial charge in [0.15, 0.2) is 23.1 Å². The van der Waals surface area contributed by atoms with Crippen molar-refractivity contribution in [3.05, 3.63) is 125 Å². The molecular formula is C65H71BCl3F6N22O4. The number of aromatic amines is 2. The molecule has 101 heavy (non-hydrogen) atoms. The van der Waals surface area contributed by atoms with Gasteiger partial charge in [-0.25, -0.2) is 44.7 Å². The van der Waals surface area contributed by atoms with Crippen LogP contribution in [0.25, 0.3) is 66.4 Å². The van der Waals surface area contributed by atoms with Crippen molar-refractivity contribution in [2.45, 2.75) is 173 Å². The fourth-order valence-electron chi connectivity index (χ4n) is 11.5. The molecule has 4 aliphatic rings. The summed E-state index contributed by atoms with van der Waals surface area (Å²) in [5.41, 5.74) is 6.76. The van der Waals surface area contributed by atoms with Gasteiger partial charge < -0.3 is 36.1 Å². The first kappa shape index (κ1) is 74.4. The highest BCUT2D eigenvalue weighted by molar-refractivity contribution is 6.35. The summed E-state index contributed by atoms with van der Waals surface area (Å²) in [6.45, 7) is 6.64. The van der Waals surface area contributed by atoms with Crippen LogP contribution in [0, 0.1) is 6.92 Å². The molecule has 0 aliphatic heterocycles. The number of nitrogens with one attached hydrogen (secondary N) is 5. The zero-order chi connectivity index (χ0) is 71.8. The number of nitrogens with zero attached hydrogens (tertiary/aromatic N) is 16. The van der Waals surface area contributed by atoms with Crippen molar-refractivity contribution >= 4 is 110 Å². The molecule has 0 atom stereocenters. The summed E-state index contributed by atoms with van der Waals surface area (Å²) in [6, 6.07) is 9.23. The van der Waals surface area contributed by atoms with Gasteiger partial charge in [0, 0.05) is 76.2 Å². The number of alkyl halides is 6. The molecule has 11 aromatic heterocycles. The topological polar surface area (TPSA) is 348 Å². The molecule has 0 saturated heterocycles. The van der Waals surface area contributed by atoms with Crippen LogP contribution in [0.1, 0.15) is 141 Å². The number of carbonyl (C=O) groups excluding carboxylic acids is 1. The highest BCUT2D eigenvalue weighted by Gasteiger charge is 2.40. The number of aromatic nitrogens is 18. The van der Waals surface area contributed by atoms with Gasteiger partial charge in [-0.05, 0) is 127 Å². The number of H-pyrrole nitrogens is 2. The number of hydrogen-bond acceptors (Lipinski definition) is 23. The van der Waals surface area contributed by atoms with Gasteiger partial charge in [0.25, 0.3) is 0 Å². The van der Waals surface area contributed by atoms with Crippen LogP contribution in [0.15, 0.2) is 92.4 Å². The molecule has 4 fully saturated rings. The zero-order valence-corrected chi connectivity index (χ0v) is 57.4. The lowest BCUT2D eigenvalue weighted by molar-refractivity contribution is -0.142. The van der Waals surface area contributed by atoms with Crippen molar-refractivity contribution in [3.63, 3.8) is 0 Å². The Bertz CT molecular complexity index is 4560. The van der Waals surface area contributed by atoms with E-state index in [1.54, 1.807) is 82.5 Å². The van der Waals surface area contributed by atoms with E-state index < -0.39 is 41.2 Å². The Kier molecular flexibility index (Phi) is 25.0. The predicted molar refractivity (Wildman–Crippen MR) is 371 cm³/mol. The van der Waals surface area contributed by atoms with Gasteiger partial charge in [-0.2, -0.15) is 46.3 Å². The molecule has 0 unspecified atom stereocenters. The lowest BCUT2D eigenvalue weighted by Gasteiger charge is -2.18. The standard InChI is InChI=1S/C16H15F3N6.C16H18N6.C12H13ClN4.C9H11BF3N2O4.C7H3Cl2N3.C5H11N/c17-16(18,19)13-11(7-21-25-13)15-23-12-8-20-6-5-10(12)14(24-15)22-9-3-1-2-4-9;1-10-13(8-18-22-10)16-20-14-9-17-7-6-12(14)15(21-16)19-11-4-2-3-5-11;13-12-16-10-7-14-6-5-9(10)11(17-12)15-8-3-1-2-4-8;1-8(2,3)18-7(16)15-4-5(19-10-17)6(14-15)9(11,12)13;8-6-4-1-2-10-3-5(4)11-7(9)12-6;6-5-3-1-2-4-5/h5-9H,1-4H2,(H,21,25)(H,22,23,24);6-9,11H,2-5H2,1H3,(H,18,22)(H,19,20,21);5-8H,1-4H2,(H,15,16,17);4,17H,1-3H3;1-3H;5H,1-4,6H2. The van der Waals surface area contributed by atoms with Gasteiger partial charge in [0.2, 0.25) is 16.3 Å². The quantitative estimate of drug-likeness (QED) is 0.0289. The smallest absolute Gasteiger partial charge is 0.535 e. The Morgan fingerprint density at radius 2 is 0.980 bits per heavy atom. The van der Waals surface area contributed by atoms with Crippen LogP contribution in [0.5, 0.6) is 5.75 Å². The van der Waals surface area contributed by atoms with E-state index in [9.17, 15) is 31.1 Å². The minimum Gasteiger partial charge on any atom is -0.535 e. The third-order valence-electron chi connectivity index (χ3n) is 16.3. The van der Waals surface area contributed by atoms with E-state index >= 15 is 0 Å². The van der Waals surface area contributed by atoms with E-state index in [0.717, 1.165) is 87.4 Å². The number of aryl methyl sites for hydroxylation is 1. The van der Waals surface area contributed by atoms with Gasteiger partial charge in [-0.1, -0.05) is 63.0 Å². The Morgan fingerprint density at radius 3 is 1.41 bits per heavy atom. The number of anilines is 3. The average Bonchev–Trinajstić information content (AvgIpc) is 1.78. The molecular weight excluding hydrogens is 1380 g/mol. The minimum absolute atomic E-state index is 0.0259. The number of ether oxygens (including phenoxy) is 1. The lowest BCUT2D eigenvalue weighted by Crippen LogP contribution is -2.27. The average molecular weight is 1460 g/mol. The second-order valence-corrected chi connectivity index (χ2v) is 26.0. The summed E-state index contributed by atoms with van der Waals surface area (Å²) >= 11 is 17.3. The van der Waals surface area contributed by atoms with Gasteiger partial charge in [-0.3, -0.25) is 30.1 Å². The van der Waals surface area contributed by atoms with Crippen LogP contribution in [0.2, 0.25) is 15.7 Å². The van der Waals surface area contributed by atoms with Crippen LogP contribution < -0.4 is 26.3 Å².